The molecule has 0 aromatic heterocycles. The topological polar surface area (TPSA) is 117 Å². The SMILES string of the molecule is C=CCNC(=O)C(=O)N/N=C\c1ccc(OCC(=O)O)cc1. The van der Waals surface area contributed by atoms with E-state index in [1.807, 2.05) is 0 Å². The molecule has 1 aromatic rings. The van der Waals surface area contributed by atoms with Crippen LogP contribution in [0, 0.1) is 0 Å². The molecule has 1 aromatic carbocycles. The Balaban J connectivity index is 2.46. The van der Waals surface area contributed by atoms with Crippen LogP contribution in [0.1, 0.15) is 5.56 Å². The highest BCUT2D eigenvalue weighted by Gasteiger charge is 2.10. The van der Waals surface area contributed by atoms with Gasteiger partial charge in [-0.1, -0.05) is 6.08 Å². The number of carbonyl (C=O) groups excluding carboxylic acids is 2. The third kappa shape index (κ3) is 6.33. The molecular weight excluding hydrogens is 290 g/mol. The van der Waals surface area contributed by atoms with Gasteiger partial charge in [-0.05, 0) is 29.8 Å². The van der Waals surface area contributed by atoms with E-state index < -0.39 is 24.4 Å². The van der Waals surface area contributed by atoms with E-state index in [0.717, 1.165) is 0 Å². The molecule has 0 aliphatic heterocycles. The fourth-order valence-electron chi connectivity index (χ4n) is 1.26. The van der Waals surface area contributed by atoms with Gasteiger partial charge in [-0.25, -0.2) is 10.2 Å². The molecule has 22 heavy (non-hydrogen) atoms. The van der Waals surface area contributed by atoms with Crippen molar-refractivity contribution in [1.82, 2.24) is 10.7 Å². The summed E-state index contributed by atoms with van der Waals surface area (Å²) in [5, 5.41) is 14.4. The maximum absolute atomic E-state index is 11.3. The minimum atomic E-state index is -1.07. The number of ether oxygens (including phenoxy) is 1. The second kappa shape index (κ2) is 8.90. The predicted molar refractivity (Wildman–Crippen MR) is 78.5 cm³/mol. The van der Waals surface area contributed by atoms with E-state index in [1.54, 1.807) is 24.3 Å². The van der Waals surface area contributed by atoms with E-state index in [4.69, 9.17) is 9.84 Å². The second-order valence-electron chi connectivity index (χ2n) is 3.95. The van der Waals surface area contributed by atoms with Crippen molar-refractivity contribution in [3.05, 3.63) is 42.5 Å². The van der Waals surface area contributed by atoms with Gasteiger partial charge in [0.25, 0.3) is 0 Å². The number of benzene rings is 1. The molecule has 8 nitrogen and oxygen atoms in total. The lowest BCUT2D eigenvalue weighted by atomic mass is 10.2. The normalized spacial score (nSPS) is 10.0. The Morgan fingerprint density at radius 1 is 1.23 bits per heavy atom. The van der Waals surface area contributed by atoms with E-state index in [0.29, 0.717) is 11.3 Å². The molecule has 2 amide bonds. The minimum Gasteiger partial charge on any atom is -0.482 e. The molecule has 0 unspecified atom stereocenters. The first kappa shape index (κ1) is 16.9. The van der Waals surface area contributed by atoms with Crippen LogP contribution < -0.4 is 15.5 Å². The van der Waals surface area contributed by atoms with Crippen LogP contribution in [0.2, 0.25) is 0 Å². The summed E-state index contributed by atoms with van der Waals surface area (Å²) < 4.78 is 4.96. The quantitative estimate of drug-likeness (QED) is 0.281. The lowest BCUT2D eigenvalue weighted by Crippen LogP contribution is -2.37. The monoisotopic (exact) mass is 305 g/mol. The van der Waals surface area contributed by atoms with Gasteiger partial charge in [0.2, 0.25) is 0 Å². The molecule has 0 heterocycles. The molecule has 0 radical (unpaired) electrons. The van der Waals surface area contributed by atoms with Gasteiger partial charge >= 0.3 is 17.8 Å². The predicted octanol–water partition coefficient (Wildman–Crippen LogP) is -0.0977. The first-order valence-corrected chi connectivity index (χ1v) is 6.19. The summed E-state index contributed by atoms with van der Waals surface area (Å²) in [7, 11) is 0. The maximum Gasteiger partial charge on any atom is 0.341 e. The largest absolute Gasteiger partial charge is 0.482 e. The van der Waals surface area contributed by atoms with Crippen molar-refractivity contribution in [2.24, 2.45) is 5.10 Å². The van der Waals surface area contributed by atoms with Gasteiger partial charge < -0.3 is 15.2 Å². The van der Waals surface area contributed by atoms with Crippen LogP contribution in [0.25, 0.3) is 0 Å². The van der Waals surface area contributed by atoms with Crippen LogP contribution in [0.5, 0.6) is 5.75 Å². The highest BCUT2D eigenvalue weighted by atomic mass is 16.5. The zero-order chi connectivity index (χ0) is 16.4. The Kier molecular flexibility index (Phi) is 6.84. The molecule has 8 heteroatoms. The number of hydrogen-bond acceptors (Lipinski definition) is 5. The van der Waals surface area contributed by atoms with Gasteiger partial charge in [-0.2, -0.15) is 5.10 Å². The fraction of sp³-hybridized carbons (Fsp3) is 0.143. The Hall–Kier alpha value is -3.16. The Morgan fingerprint density at radius 3 is 2.50 bits per heavy atom. The molecule has 0 aliphatic rings. The van der Waals surface area contributed by atoms with Crippen molar-refractivity contribution in [2.45, 2.75) is 0 Å². The number of aliphatic carboxylic acids is 1. The first-order chi connectivity index (χ1) is 10.5. The smallest absolute Gasteiger partial charge is 0.341 e. The van der Waals surface area contributed by atoms with Gasteiger partial charge in [-0.15, -0.1) is 6.58 Å². The standard InChI is InChI=1S/C14H15N3O5/c1-2-7-15-13(20)14(21)17-16-8-10-3-5-11(6-4-10)22-9-12(18)19/h2-6,8H,1,7,9H2,(H,15,20)(H,17,21)(H,18,19)/b16-8-. The number of hydrazone groups is 1. The number of amides is 2. The second-order valence-corrected chi connectivity index (χ2v) is 3.95. The van der Waals surface area contributed by atoms with Crippen LogP contribution in [0.3, 0.4) is 0 Å². The molecule has 0 aliphatic carbocycles. The number of nitrogens with zero attached hydrogens (tertiary/aromatic N) is 1. The van der Waals surface area contributed by atoms with Gasteiger partial charge in [0.15, 0.2) is 6.61 Å². The summed E-state index contributed by atoms with van der Waals surface area (Å²) in [6, 6.07) is 6.35. The number of nitrogens with one attached hydrogen (secondary N) is 2. The van der Waals surface area contributed by atoms with E-state index in [1.165, 1.54) is 12.3 Å². The van der Waals surface area contributed by atoms with E-state index in [-0.39, 0.29) is 6.54 Å². The van der Waals surface area contributed by atoms with Crippen LogP contribution >= 0.6 is 0 Å². The molecule has 0 saturated heterocycles. The van der Waals surface area contributed by atoms with Gasteiger partial charge in [-0.3, -0.25) is 9.59 Å². The number of hydrogen-bond donors (Lipinski definition) is 3. The summed E-state index contributed by atoms with van der Waals surface area (Å²) in [5.74, 6) is -2.37. The van der Waals surface area contributed by atoms with Crippen molar-refractivity contribution >= 4 is 24.0 Å². The summed E-state index contributed by atoms with van der Waals surface area (Å²) in [6.07, 6.45) is 2.78. The van der Waals surface area contributed by atoms with E-state index in [9.17, 15) is 14.4 Å². The summed E-state index contributed by atoms with van der Waals surface area (Å²) in [5.41, 5.74) is 2.70. The lowest BCUT2D eigenvalue weighted by Gasteiger charge is -2.03. The molecule has 0 atom stereocenters. The first-order valence-electron chi connectivity index (χ1n) is 6.19. The van der Waals surface area contributed by atoms with Crippen LogP contribution in [0.4, 0.5) is 0 Å². The molecule has 116 valence electrons. The zero-order valence-electron chi connectivity index (χ0n) is 11.6. The number of rotatable bonds is 7. The van der Waals surface area contributed by atoms with Crippen molar-refractivity contribution < 1.29 is 24.2 Å². The molecule has 0 saturated carbocycles. The fourth-order valence-corrected chi connectivity index (χ4v) is 1.26. The molecule has 0 spiro atoms. The average molecular weight is 305 g/mol. The Labute approximate surface area is 126 Å². The van der Waals surface area contributed by atoms with Crippen molar-refractivity contribution in [3.8, 4) is 5.75 Å². The van der Waals surface area contributed by atoms with Crippen LogP contribution in [-0.2, 0) is 14.4 Å². The van der Waals surface area contributed by atoms with Crippen molar-refractivity contribution in [1.29, 1.82) is 0 Å². The van der Waals surface area contributed by atoms with E-state index in [2.05, 4.69) is 22.4 Å². The Bertz CT molecular complexity index is 581. The highest BCUT2D eigenvalue weighted by molar-refractivity contribution is 6.35. The molecular formula is C14H15N3O5. The number of carbonyl (C=O) groups is 3. The van der Waals surface area contributed by atoms with E-state index >= 15 is 0 Å². The highest BCUT2D eigenvalue weighted by Crippen LogP contribution is 2.10. The van der Waals surface area contributed by atoms with Crippen LogP contribution in [-0.4, -0.2) is 42.3 Å². The molecule has 0 fully saturated rings. The third-order valence-corrected chi connectivity index (χ3v) is 2.24. The van der Waals surface area contributed by atoms with Gasteiger partial charge in [0, 0.05) is 6.54 Å². The Morgan fingerprint density at radius 2 is 1.91 bits per heavy atom. The summed E-state index contributed by atoms with van der Waals surface area (Å²) in [6.45, 7) is 3.17. The van der Waals surface area contributed by atoms with Crippen molar-refractivity contribution in [3.63, 3.8) is 0 Å². The zero-order valence-corrected chi connectivity index (χ0v) is 11.6. The maximum atomic E-state index is 11.3. The molecule has 3 N–H and O–H groups in total. The average Bonchev–Trinajstić information content (AvgIpc) is 2.51. The lowest BCUT2D eigenvalue weighted by molar-refractivity contribution is -0.139. The number of carboxylic acids is 1. The molecule has 1 rings (SSSR count). The summed E-state index contributed by atoms with van der Waals surface area (Å²) >= 11 is 0. The third-order valence-electron chi connectivity index (χ3n) is 2.24. The van der Waals surface area contributed by atoms with Crippen molar-refractivity contribution in [2.75, 3.05) is 13.2 Å². The number of carboxylic acid groups (broad SMARTS) is 1. The summed E-state index contributed by atoms with van der Waals surface area (Å²) in [4.78, 5) is 32.8. The minimum absolute atomic E-state index is 0.188. The van der Waals surface area contributed by atoms with Crippen LogP contribution in [0.15, 0.2) is 42.0 Å². The molecule has 0 bridgehead atoms. The van der Waals surface area contributed by atoms with Gasteiger partial charge in [0.05, 0.1) is 6.21 Å². The van der Waals surface area contributed by atoms with Gasteiger partial charge in [0.1, 0.15) is 5.75 Å².